The highest BCUT2D eigenvalue weighted by atomic mass is 16.4. The van der Waals surface area contributed by atoms with Gasteiger partial charge in [-0.05, 0) is 29.8 Å². The number of carboxylic acid groups (broad SMARTS) is 1. The maximum Gasteiger partial charge on any atom is 0.335 e. The van der Waals surface area contributed by atoms with Crippen molar-refractivity contribution in [1.82, 2.24) is 4.57 Å². The second kappa shape index (κ2) is 7.40. The topological polar surface area (TPSA) is 66.6 Å². The van der Waals surface area contributed by atoms with Gasteiger partial charge in [-0.3, -0.25) is 5.43 Å². The van der Waals surface area contributed by atoms with Crippen LogP contribution >= 0.6 is 0 Å². The number of carbonyl (C=O) groups is 1. The van der Waals surface area contributed by atoms with E-state index in [1.54, 1.807) is 30.5 Å². The van der Waals surface area contributed by atoms with Gasteiger partial charge in [-0.15, -0.1) is 0 Å². The molecule has 1 aromatic heterocycles. The number of aromatic nitrogens is 1. The van der Waals surface area contributed by atoms with Crippen LogP contribution in [0.25, 0.3) is 22.2 Å². The Morgan fingerprint density at radius 2 is 1.75 bits per heavy atom. The molecule has 5 heteroatoms. The zero-order chi connectivity index (χ0) is 19.5. The number of anilines is 1. The molecule has 0 atom stereocenters. The number of fused-ring (bicyclic) bond motifs is 1. The average Bonchev–Trinajstić information content (AvgIpc) is 3.01. The molecule has 0 aliphatic carbocycles. The molecule has 3 aromatic carbocycles. The van der Waals surface area contributed by atoms with Crippen molar-refractivity contribution < 1.29 is 9.90 Å². The third-order valence-electron chi connectivity index (χ3n) is 4.69. The van der Waals surface area contributed by atoms with Gasteiger partial charge in [0.1, 0.15) is 0 Å². The number of hydrazone groups is 1. The molecular formula is C23H19N3O2. The summed E-state index contributed by atoms with van der Waals surface area (Å²) in [6, 6.07) is 25.0. The van der Waals surface area contributed by atoms with Crippen LogP contribution in [0, 0.1) is 0 Å². The second-order valence-corrected chi connectivity index (χ2v) is 6.46. The number of para-hydroxylation sites is 1. The van der Waals surface area contributed by atoms with Crippen LogP contribution in [-0.2, 0) is 7.05 Å². The van der Waals surface area contributed by atoms with Gasteiger partial charge in [0.15, 0.2) is 0 Å². The van der Waals surface area contributed by atoms with Gasteiger partial charge in [-0.2, -0.15) is 5.10 Å². The van der Waals surface area contributed by atoms with E-state index in [-0.39, 0.29) is 5.56 Å². The SMILES string of the molecule is Cn1c(-c2ccccc2)c(/C=N\Nc2cccc(C(=O)O)c2)c2ccccc21. The number of rotatable bonds is 5. The van der Waals surface area contributed by atoms with Crippen LogP contribution < -0.4 is 5.43 Å². The quantitative estimate of drug-likeness (QED) is 0.385. The van der Waals surface area contributed by atoms with E-state index >= 15 is 0 Å². The van der Waals surface area contributed by atoms with E-state index in [0.717, 1.165) is 27.7 Å². The van der Waals surface area contributed by atoms with E-state index in [0.29, 0.717) is 5.69 Å². The summed E-state index contributed by atoms with van der Waals surface area (Å²) in [4.78, 5) is 11.1. The highest BCUT2D eigenvalue weighted by molar-refractivity contribution is 6.06. The smallest absolute Gasteiger partial charge is 0.335 e. The van der Waals surface area contributed by atoms with Crippen LogP contribution in [0.1, 0.15) is 15.9 Å². The first-order valence-electron chi connectivity index (χ1n) is 8.90. The largest absolute Gasteiger partial charge is 0.478 e. The van der Waals surface area contributed by atoms with Crippen LogP contribution in [0.5, 0.6) is 0 Å². The van der Waals surface area contributed by atoms with Crippen LogP contribution in [0.2, 0.25) is 0 Å². The summed E-state index contributed by atoms with van der Waals surface area (Å²) in [7, 11) is 2.05. The first kappa shape index (κ1) is 17.5. The van der Waals surface area contributed by atoms with E-state index in [4.69, 9.17) is 5.11 Å². The van der Waals surface area contributed by atoms with Crippen LogP contribution in [-0.4, -0.2) is 21.9 Å². The lowest BCUT2D eigenvalue weighted by molar-refractivity contribution is 0.0697. The summed E-state index contributed by atoms with van der Waals surface area (Å²) in [6.45, 7) is 0. The maximum absolute atomic E-state index is 11.1. The Morgan fingerprint density at radius 1 is 1.00 bits per heavy atom. The number of nitrogens with one attached hydrogen (secondary N) is 1. The second-order valence-electron chi connectivity index (χ2n) is 6.46. The Kier molecular flexibility index (Phi) is 4.64. The molecule has 0 aliphatic heterocycles. The molecule has 2 N–H and O–H groups in total. The summed E-state index contributed by atoms with van der Waals surface area (Å²) in [5.41, 5.74) is 8.09. The minimum Gasteiger partial charge on any atom is -0.478 e. The summed E-state index contributed by atoms with van der Waals surface area (Å²) in [5, 5.41) is 14.6. The highest BCUT2D eigenvalue weighted by Gasteiger charge is 2.14. The average molecular weight is 369 g/mol. The minimum absolute atomic E-state index is 0.218. The van der Waals surface area contributed by atoms with Crippen LogP contribution in [0.3, 0.4) is 0 Å². The van der Waals surface area contributed by atoms with E-state index in [1.165, 1.54) is 0 Å². The molecule has 5 nitrogen and oxygen atoms in total. The fourth-order valence-corrected chi connectivity index (χ4v) is 3.39. The lowest BCUT2D eigenvalue weighted by Gasteiger charge is -2.06. The predicted octanol–water partition coefficient (Wildman–Crippen LogP) is 4.99. The van der Waals surface area contributed by atoms with E-state index in [9.17, 15) is 4.79 Å². The van der Waals surface area contributed by atoms with Crippen molar-refractivity contribution in [2.45, 2.75) is 0 Å². The van der Waals surface area contributed by atoms with Crippen molar-refractivity contribution in [1.29, 1.82) is 0 Å². The lowest BCUT2D eigenvalue weighted by atomic mass is 10.1. The Labute approximate surface area is 162 Å². The third kappa shape index (κ3) is 3.25. The van der Waals surface area contributed by atoms with Gasteiger partial charge >= 0.3 is 5.97 Å². The number of aromatic carboxylic acids is 1. The molecule has 0 aliphatic rings. The number of aryl methyl sites for hydroxylation is 1. The van der Waals surface area contributed by atoms with Crippen LogP contribution in [0.4, 0.5) is 5.69 Å². The Morgan fingerprint density at radius 3 is 2.54 bits per heavy atom. The summed E-state index contributed by atoms with van der Waals surface area (Å²) in [5.74, 6) is -0.965. The Hall–Kier alpha value is -3.86. The number of nitrogens with zero attached hydrogens (tertiary/aromatic N) is 2. The third-order valence-corrected chi connectivity index (χ3v) is 4.69. The normalized spacial score (nSPS) is 11.2. The number of hydrogen-bond acceptors (Lipinski definition) is 3. The molecule has 0 radical (unpaired) electrons. The first-order valence-corrected chi connectivity index (χ1v) is 8.90. The summed E-state index contributed by atoms with van der Waals surface area (Å²) in [6.07, 6.45) is 1.79. The molecule has 1 heterocycles. The van der Waals surface area contributed by atoms with Crippen molar-refractivity contribution in [2.75, 3.05) is 5.43 Å². The molecule has 28 heavy (non-hydrogen) atoms. The zero-order valence-electron chi connectivity index (χ0n) is 15.3. The van der Waals surface area contributed by atoms with Crippen molar-refractivity contribution in [3.8, 4) is 11.3 Å². The number of hydrogen-bond donors (Lipinski definition) is 2. The molecule has 4 rings (SSSR count). The molecule has 0 saturated carbocycles. The molecule has 0 spiro atoms. The van der Waals surface area contributed by atoms with Gasteiger partial charge in [-0.1, -0.05) is 54.6 Å². The molecule has 0 amide bonds. The van der Waals surface area contributed by atoms with Crippen molar-refractivity contribution in [3.63, 3.8) is 0 Å². The van der Waals surface area contributed by atoms with Gasteiger partial charge in [0.05, 0.1) is 23.2 Å². The molecule has 0 bridgehead atoms. The zero-order valence-corrected chi connectivity index (χ0v) is 15.3. The lowest BCUT2D eigenvalue weighted by Crippen LogP contribution is -1.98. The standard InChI is InChI=1S/C23H19N3O2/c1-26-21-13-6-5-12-19(21)20(22(26)16-8-3-2-4-9-16)15-24-25-18-11-7-10-17(14-18)23(27)28/h2-15,25H,1H3,(H,27,28)/b24-15-. The number of carboxylic acids is 1. The van der Waals surface area contributed by atoms with Crippen molar-refractivity contribution in [2.24, 2.45) is 12.1 Å². The Balaban J connectivity index is 1.75. The van der Waals surface area contributed by atoms with Crippen LogP contribution in [0.15, 0.2) is 84.0 Å². The summed E-state index contributed by atoms with van der Waals surface area (Å²) >= 11 is 0. The van der Waals surface area contributed by atoms with E-state index in [2.05, 4.69) is 39.4 Å². The van der Waals surface area contributed by atoms with Gasteiger partial charge in [0.25, 0.3) is 0 Å². The molecule has 0 fully saturated rings. The fraction of sp³-hybridized carbons (Fsp3) is 0.0435. The maximum atomic E-state index is 11.1. The molecule has 0 saturated heterocycles. The van der Waals surface area contributed by atoms with Crippen molar-refractivity contribution in [3.05, 3.63) is 90.0 Å². The molecular weight excluding hydrogens is 350 g/mol. The fourth-order valence-electron chi connectivity index (χ4n) is 3.39. The van der Waals surface area contributed by atoms with Gasteiger partial charge in [-0.25, -0.2) is 4.79 Å². The monoisotopic (exact) mass is 369 g/mol. The Bertz CT molecular complexity index is 1180. The van der Waals surface area contributed by atoms with Gasteiger partial charge in [0, 0.05) is 23.5 Å². The minimum atomic E-state index is -0.965. The van der Waals surface area contributed by atoms with E-state index in [1.807, 2.05) is 37.4 Å². The summed E-state index contributed by atoms with van der Waals surface area (Å²) < 4.78 is 2.16. The predicted molar refractivity (Wildman–Crippen MR) is 113 cm³/mol. The molecule has 138 valence electrons. The van der Waals surface area contributed by atoms with Gasteiger partial charge in [0.2, 0.25) is 0 Å². The van der Waals surface area contributed by atoms with Crippen molar-refractivity contribution >= 4 is 28.8 Å². The number of benzene rings is 3. The first-order chi connectivity index (χ1) is 13.6. The highest BCUT2D eigenvalue weighted by Crippen LogP contribution is 2.31. The molecule has 0 unspecified atom stereocenters. The van der Waals surface area contributed by atoms with Gasteiger partial charge < -0.3 is 9.67 Å². The molecule has 4 aromatic rings. The van der Waals surface area contributed by atoms with E-state index < -0.39 is 5.97 Å².